The fourth-order valence-electron chi connectivity index (χ4n) is 17.1. The maximum atomic E-state index is 5.84. The Balaban J connectivity index is 0.000000100. The zero-order valence-electron chi connectivity index (χ0n) is 52.7. The maximum absolute atomic E-state index is 5.84. The summed E-state index contributed by atoms with van der Waals surface area (Å²) in [4.78, 5) is 34.1. The van der Waals surface area contributed by atoms with Crippen LogP contribution < -0.4 is 4.74 Å². The van der Waals surface area contributed by atoms with Crippen LogP contribution in [0.2, 0.25) is 0 Å². The summed E-state index contributed by atoms with van der Waals surface area (Å²) in [5, 5.41) is 24.7. The van der Waals surface area contributed by atoms with Gasteiger partial charge in [-0.3, -0.25) is 0 Å². The highest BCUT2D eigenvalue weighted by Crippen LogP contribution is 2.65. The fraction of sp³-hybridized carbons (Fsp3) is 0.583. The smallest absolute Gasteiger partial charge is 0.174 e. The van der Waals surface area contributed by atoms with Crippen LogP contribution in [0.25, 0.3) is 0 Å². The second-order valence-corrected chi connectivity index (χ2v) is 28.7. The van der Waals surface area contributed by atoms with E-state index in [1.54, 1.807) is 0 Å². The Kier molecular flexibility index (Phi) is 15.7. The maximum Gasteiger partial charge on any atom is 0.174 e. The van der Waals surface area contributed by atoms with Gasteiger partial charge >= 0.3 is 0 Å². The van der Waals surface area contributed by atoms with Gasteiger partial charge in [0, 0.05) is 84.5 Å². The van der Waals surface area contributed by atoms with Crippen molar-refractivity contribution < 1.29 is 33.8 Å². The SMILES string of the molecule is CC1=NOC2(CCCCC2)C1.CC1=NO[C@]2(C1)c1ccccc1CC2(C)C.CC1=NO[C@]2(C1)c1ccccc1CC2C.CC1=NO[C@]2(CCOc3ccccc32)C1.CC1=NO[C@]2(CC[C@H]3C[C@@H]2C3(C)C)C1.CC1=NO[C@]2(CCc3ccccc32)C1. The number of nitrogens with zero attached hydrogens (tertiary/aromatic N) is 6. The van der Waals surface area contributed by atoms with Crippen LogP contribution in [0.4, 0.5) is 0 Å². The molecule has 4 fully saturated rings. The molecule has 0 aromatic heterocycles. The Labute approximate surface area is 505 Å². The van der Waals surface area contributed by atoms with E-state index in [0.717, 1.165) is 117 Å². The van der Waals surface area contributed by atoms with Crippen molar-refractivity contribution in [3.05, 3.63) is 136 Å². The van der Waals surface area contributed by atoms with Gasteiger partial charge < -0.3 is 33.8 Å². The zero-order chi connectivity index (χ0) is 59.5. The van der Waals surface area contributed by atoms with E-state index in [4.69, 9.17) is 33.8 Å². The lowest BCUT2D eigenvalue weighted by Crippen LogP contribution is -2.61. The van der Waals surface area contributed by atoms with Gasteiger partial charge in [-0.2, -0.15) is 0 Å². The van der Waals surface area contributed by atoms with E-state index in [0.29, 0.717) is 17.9 Å². The lowest BCUT2D eigenvalue weighted by Gasteiger charge is -2.62. The molecule has 0 radical (unpaired) electrons. The van der Waals surface area contributed by atoms with Crippen LogP contribution in [0.3, 0.4) is 0 Å². The molecule has 452 valence electrons. The third kappa shape index (κ3) is 10.8. The molecule has 7 aliphatic heterocycles. The van der Waals surface area contributed by atoms with E-state index < -0.39 is 0 Å². The number of ether oxygens (including phenoxy) is 1. The molecular formula is C72H92N6O7. The first-order valence-electron chi connectivity index (χ1n) is 32.0. The van der Waals surface area contributed by atoms with Crippen LogP contribution >= 0.6 is 0 Å². The minimum atomic E-state index is -0.251. The summed E-state index contributed by atoms with van der Waals surface area (Å²) in [6.45, 7) is 24.6. The number of oxime groups is 6. The van der Waals surface area contributed by atoms with Crippen LogP contribution in [0.5, 0.6) is 5.75 Å². The van der Waals surface area contributed by atoms with Crippen molar-refractivity contribution in [2.45, 2.75) is 232 Å². The highest BCUT2D eigenvalue weighted by Gasteiger charge is 2.64. The molecule has 13 nitrogen and oxygen atoms in total. The lowest BCUT2D eigenvalue weighted by molar-refractivity contribution is -0.214. The first-order valence-corrected chi connectivity index (χ1v) is 32.0. The van der Waals surface area contributed by atoms with Crippen LogP contribution in [-0.2, 0) is 70.7 Å². The molecule has 0 N–H and O–H groups in total. The summed E-state index contributed by atoms with van der Waals surface area (Å²) in [5.74, 6) is 3.15. The van der Waals surface area contributed by atoms with Crippen LogP contribution in [0, 0.1) is 28.6 Å². The lowest BCUT2D eigenvalue weighted by atomic mass is 9.43. The average Bonchev–Trinajstić information content (AvgIpc) is 2.23. The Morgan fingerprint density at radius 2 is 1.00 bits per heavy atom. The number of benzene rings is 4. The van der Waals surface area contributed by atoms with Gasteiger partial charge in [0.15, 0.2) is 22.4 Å². The molecule has 0 amide bonds. The number of aryl methyl sites for hydroxylation is 1. The number of fused-ring (bicyclic) bond motifs is 9. The number of rotatable bonds is 0. The monoisotopic (exact) mass is 1150 g/mol. The second-order valence-electron chi connectivity index (χ2n) is 28.7. The molecule has 18 rings (SSSR count). The molecule has 13 heteroatoms. The third-order valence-corrected chi connectivity index (χ3v) is 21.7. The number of hydrogen-bond donors (Lipinski definition) is 0. The average molecular weight is 1150 g/mol. The quantitative estimate of drug-likeness (QED) is 0.171. The van der Waals surface area contributed by atoms with Crippen molar-refractivity contribution in [1.82, 2.24) is 0 Å². The Morgan fingerprint density at radius 3 is 1.60 bits per heavy atom. The molecule has 7 aliphatic carbocycles. The molecule has 6 spiro atoms. The van der Waals surface area contributed by atoms with E-state index in [-0.39, 0.29) is 39.0 Å². The molecule has 0 saturated heterocycles. The van der Waals surface area contributed by atoms with Gasteiger partial charge in [-0.1, -0.05) is 163 Å². The van der Waals surface area contributed by atoms with Crippen molar-refractivity contribution in [3.8, 4) is 5.75 Å². The highest BCUT2D eigenvalue weighted by atomic mass is 16.7. The second kappa shape index (κ2) is 22.7. The first kappa shape index (κ1) is 58.9. The minimum absolute atomic E-state index is 0.0995. The van der Waals surface area contributed by atoms with Crippen molar-refractivity contribution in [3.63, 3.8) is 0 Å². The van der Waals surface area contributed by atoms with Gasteiger partial charge in [0.25, 0.3) is 0 Å². The molecule has 4 aromatic carbocycles. The predicted molar refractivity (Wildman–Crippen MR) is 337 cm³/mol. The van der Waals surface area contributed by atoms with E-state index >= 15 is 0 Å². The van der Waals surface area contributed by atoms with E-state index in [2.05, 4.69) is 158 Å². The highest BCUT2D eigenvalue weighted by molar-refractivity contribution is 5.86. The zero-order valence-corrected chi connectivity index (χ0v) is 52.7. The van der Waals surface area contributed by atoms with Crippen molar-refractivity contribution in [2.24, 2.45) is 59.5 Å². The van der Waals surface area contributed by atoms with Crippen LogP contribution in [0.15, 0.2) is 128 Å². The van der Waals surface area contributed by atoms with Crippen molar-refractivity contribution in [1.29, 1.82) is 0 Å². The Hall–Kier alpha value is -6.50. The topological polar surface area (TPSA) is 139 Å². The van der Waals surface area contributed by atoms with E-state index in [1.807, 2.05) is 45.9 Å². The standard InChI is InChI=1S/C14H17NO.C13H15NO.C12H13NO2.C12H19NO.C12H13NO.C9H15NO/c1-10-8-14(16-15-10)12-7-5-4-6-11(12)9-13(14,2)3;1-9-7-11-5-3-4-6-12(11)13(9)8-10(2)14-15-13;1-9-8-12(15-13-9)6-7-14-11-5-3-2-4-10(11)12;1-8-7-12(14-13-8)5-4-9-6-10(12)11(9,2)3;1-9-8-12(14-13-9)7-6-10-4-2-3-5-11(10)12;1-8-7-9(11-10-8)5-3-2-4-6-9/h4-7H,8-9H2,1-3H3;3-6,9H,7-8H2,1-2H3;2-5H,6-8H2,1H3;9-10H,4-7H2,1-3H3;2-5H,6-8H2,1H3;2-7H2,1H3/t14-;9?,13-;12-;9-,10+,12+;12-;/m10101./s1. The number of hydrogen-bond acceptors (Lipinski definition) is 13. The normalized spacial score (nSPS) is 32.7. The van der Waals surface area contributed by atoms with Gasteiger partial charge in [-0.05, 0) is 146 Å². The Bertz CT molecular complexity index is 3350. The summed E-state index contributed by atoms with van der Waals surface area (Å²) >= 11 is 0. The molecule has 2 bridgehead atoms. The Morgan fingerprint density at radius 1 is 0.447 bits per heavy atom. The van der Waals surface area contributed by atoms with Crippen molar-refractivity contribution in [2.75, 3.05) is 6.61 Å². The van der Waals surface area contributed by atoms with Crippen LogP contribution in [-0.4, -0.2) is 52.1 Å². The molecule has 4 aromatic rings. The van der Waals surface area contributed by atoms with Gasteiger partial charge in [0.2, 0.25) is 0 Å². The molecule has 1 unspecified atom stereocenters. The van der Waals surface area contributed by atoms with Gasteiger partial charge in [-0.25, -0.2) is 0 Å². The summed E-state index contributed by atoms with van der Waals surface area (Å²) in [6, 6.07) is 33.8. The predicted octanol–water partition coefficient (Wildman–Crippen LogP) is 16.7. The summed E-state index contributed by atoms with van der Waals surface area (Å²) < 4.78 is 5.61. The largest absolute Gasteiger partial charge is 0.493 e. The molecule has 8 atom stereocenters. The van der Waals surface area contributed by atoms with Crippen molar-refractivity contribution >= 4 is 34.3 Å². The minimum Gasteiger partial charge on any atom is -0.493 e. The first-order chi connectivity index (χ1) is 40.7. The third-order valence-electron chi connectivity index (χ3n) is 21.7. The number of para-hydroxylation sites is 1. The molecule has 7 heterocycles. The molecule has 4 saturated carbocycles. The molecule has 14 aliphatic rings. The fourth-order valence-corrected chi connectivity index (χ4v) is 17.1. The van der Waals surface area contributed by atoms with E-state index in [1.165, 1.54) is 96.2 Å². The van der Waals surface area contributed by atoms with Gasteiger partial charge in [0.1, 0.15) is 17.0 Å². The van der Waals surface area contributed by atoms with Gasteiger partial charge in [-0.15, -0.1) is 0 Å². The summed E-state index contributed by atoms with van der Waals surface area (Å²) in [6.07, 6.45) is 21.5. The van der Waals surface area contributed by atoms with Gasteiger partial charge in [0.05, 0.1) is 40.9 Å². The van der Waals surface area contributed by atoms with Crippen LogP contribution in [0.1, 0.15) is 218 Å². The molecular weight excluding hydrogens is 1060 g/mol. The molecule has 85 heavy (non-hydrogen) atoms. The van der Waals surface area contributed by atoms with E-state index in [9.17, 15) is 0 Å². The summed E-state index contributed by atoms with van der Waals surface area (Å²) in [5.41, 5.74) is 16.3. The summed E-state index contributed by atoms with van der Waals surface area (Å²) in [7, 11) is 0.